The summed E-state index contributed by atoms with van der Waals surface area (Å²) in [5, 5.41) is 0. The molecule has 0 aliphatic heterocycles. The van der Waals surface area contributed by atoms with E-state index in [2.05, 4.69) is 34.9 Å². The smallest absolute Gasteiger partial charge is 0.0886 e. The van der Waals surface area contributed by atoms with E-state index in [0.717, 1.165) is 6.04 Å². The number of quaternary nitrogens is 1. The second kappa shape index (κ2) is 18.1. The Balaban J connectivity index is 0. The Kier molecular flexibility index (Phi) is 19.9. The first-order valence-electron chi connectivity index (χ1n) is 10.9. The Morgan fingerprint density at radius 1 is 0.542 bits per heavy atom. The van der Waals surface area contributed by atoms with E-state index in [4.69, 9.17) is 0 Å². The van der Waals surface area contributed by atoms with E-state index in [-0.39, 0.29) is 12.4 Å². The molecule has 0 saturated carbocycles. The van der Waals surface area contributed by atoms with Crippen LogP contribution < -0.4 is 12.4 Å². The zero-order valence-electron chi connectivity index (χ0n) is 17.7. The van der Waals surface area contributed by atoms with Crippen molar-refractivity contribution in [1.82, 2.24) is 0 Å². The molecular weight excluding hydrogens is 314 g/mol. The van der Waals surface area contributed by atoms with Crippen LogP contribution >= 0.6 is 0 Å². The van der Waals surface area contributed by atoms with Crippen LogP contribution in [0.1, 0.15) is 117 Å². The number of nitrogens with zero attached hydrogens (tertiary/aromatic N) is 1. The highest BCUT2D eigenvalue weighted by Crippen LogP contribution is 2.21. The van der Waals surface area contributed by atoms with Gasteiger partial charge in [0, 0.05) is 0 Å². The zero-order valence-corrected chi connectivity index (χ0v) is 18.5. The average Bonchev–Trinajstić information content (AvgIpc) is 2.55. The van der Waals surface area contributed by atoms with Crippen molar-refractivity contribution in [3.8, 4) is 0 Å². The first-order chi connectivity index (χ1) is 11.1. The lowest BCUT2D eigenvalue weighted by atomic mass is 9.97. The molecule has 148 valence electrons. The highest BCUT2D eigenvalue weighted by molar-refractivity contribution is 4.61. The number of unbranched alkanes of at least 4 members (excludes halogenated alkanes) is 11. The van der Waals surface area contributed by atoms with E-state index >= 15 is 0 Å². The lowest BCUT2D eigenvalue weighted by Gasteiger charge is -2.37. The van der Waals surface area contributed by atoms with E-state index in [0.29, 0.717) is 0 Å². The van der Waals surface area contributed by atoms with E-state index in [1.807, 2.05) is 0 Å². The maximum Gasteiger partial charge on any atom is 0.0886 e. The summed E-state index contributed by atoms with van der Waals surface area (Å²) in [6.07, 6.45) is 21.6. The van der Waals surface area contributed by atoms with Gasteiger partial charge in [0.05, 0.1) is 26.7 Å². The second-order valence-corrected chi connectivity index (χ2v) is 8.22. The lowest BCUT2D eigenvalue weighted by Crippen LogP contribution is -3.00. The normalized spacial score (nSPS) is 12.9. The van der Waals surface area contributed by atoms with Crippen LogP contribution in [0.5, 0.6) is 0 Å². The van der Waals surface area contributed by atoms with Gasteiger partial charge in [-0.05, 0) is 32.6 Å². The summed E-state index contributed by atoms with van der Waals surface area (Å²) in [5.41, 5.74) is 0. The molecule has 0 fully saturated rings. The molecule has 0 spiro atoms. The largest absolute Gasteiger partial charge is 1.00 e. The minimum Gasteiger partial charge on any atom is -1.00 e. The van der Waals surface area contributed by atoms with Gasteiger partial charge in [0.1, 0.15) is 0 Å². The molecule has 0 radical (unpaired) electrons. The predicted molar refractivity (Wildman–Crippen MR) is 107 cm³/mol. The van der Waals surface area contributed by atoms with Crippen LogP contribution in [0.4, 0.5) is 0 Å². The maximum atomic E-state index is 2.45. The molecule has 0 aromatic carbocycles. The highest BCUT2D eigenvalue weighted by Gasteiger charge is 2.25. The molecule has 0 bridgehead atoms. The Bertz CT molecular complexity index is 240. The summed E-state index contributed by atoms with van der Waals surface area (Å²) in [5.74, 6) is 0. The second-order valence-electron chi connectivity index (χ2n) is 8.22. The van der Waals surface area contributed by atoms with Crippen molar-refractivity contribution >= 4 is 0 Å². The third-order valence-corrected chi connectivity index (χ3v) is 5.84. The van der Waals surface area contributed by atoms with Crippen LogP contribution in [0.25, 0.3) is 0 Å². The number of hydrogen-bond donors (Lipinski definition) is 0. The molecule has 0 amide bonds. The molecule has 0 aromatic heterocycles. The molecule has 0 N–H and O–H groups in total. The third kappa shape index (κ3) is 14.6. The predicted octanol–water partition coefficient (Wildman–Crippen LogP) is 4.35. The van der Waals surface area contributed by atoms with E-state index in [1.54, 1.807) is 0 Å². The van der Waals surface area contributed by atoms with E-state index in [9.17, 15) is 0 Å². The molecule has 1 atom stereocenters. The van der Waals surface area contributed by atoms with Gasteiger partial charge in [-0.3, -0.25) is 0 Å². The number of halogens is 1. The van der Waals surface area contributed by atoms with Crippen molar-refractivity contribution in [2.75, 3.05) is 20.6 Å². The lowest BCUT2D eigenvalue weighted by molar-refractivity contribution is -0.914. The maximum absolute atomic E-state index is 2.45. The summed E-state index contributed by atoms with van der Waals surface area (Å²) in [4.78, 5) is 0. The van der Waals surface area contributed by atoms with Crippen LogP contribution in [-0.4, -0.2) is 31.2 Å². The number of rotatable bonds is 17. The van der Waals surface area contributed by atoms with E-state index < -0.39 is 0 Å². The summed E-state index contributed by atoms with van der Waals surface area (Å²) in [7, 11) is 4.89. The first kappa shape index (κ1) is 26.5. The summed E-state index contributed by atoms with van der Waals surface area (Å²) in [6, 6.07) is 0.891. The molecule has 0 aliphatic rings. The van der Waals surface area contributed by atoms with Crippen molar-refractivity contribution in [3.05, 3.63) is 0 Å². The fourth-order valence-electron chi connectivity index (χ4n) is 3.60. The summed E-state index contributed by atoms with van der Waals surface area (Å²) >= 11 is 0. The van der Waals surface area contributed by atoms with Gasteiger partial charge in [-0.15, -0.1) is 0 Å². The molecule has 1 unspecified atom stereocenters. The molecular formula is C22H48ClN. The van der Waals surface area contributed by atoms with Crippen LogP contribution in [0.15, 0.2) is 0 Å². The topological polar surface area (TPSA) is 0 Å². The van der Waals surface area contributed by atoms with Gasteiger partial charge in [0.2, 0.25) is 0 Å². The molecule has 0 aliphatic carbocycles. The Labute approximate surface area is 161 Å². The van der Waals surface area contributed by atoms with Gasteiger partial charge >= 0.3 is 0 Å². The molecule has 2 heteroatoms. The molecule has 24 heavy (non-hydrogen) atoms. The van der Waals surface area contributed by atoms with Gasteiger partial charge in [0.25, 0.3) is 0 Å². The van der Waals surface area contributed by atoms with Crippen LogP contribution in [0.3, 0.4) is 0 Å². The standard InChI is InChI=1S/C22H48N.ClH/c1-6-9-11-13-15-17-19-21-22(23(4,5)8-3)20-18-16-14-12-10-7-2;/h22H,6-21H2,1-5H3;1H/q+1;/p-1. The minimum absolute atomic E-state index is 0. The Morgan fingerprint density at radius 3 is 1.21 bits per heavy atom. The minimum atomic E-state index is 0. The van der Waals surface area contributed by atoms with Gasteiger partial charge in [-0.25, -0.2) is 0 Å². The first-order valence-corrected chi connectivity index (χ1v) is 10.9. The van der Waals surface area contributed by atoms with Crippen LogP contribution in [0, 0.1) is 0 Å². The van der Waals surface area contributed by atoms with Gasteiger partial charge in [-0.2, -0.15) is 0 Å². The van der Waals surface area contributed by atoms with Crippen molar-refractivity contribution in [1.29, 1.82) is 0 Å². The molecule has 0 rings (SSSR count). The van der Waals surface area contributed by atoms with Crippen LogP contribution in [0.2, 0.25) is 0 Å². The van der Waals surface area contributed by atoms with Crippen molar-refractivity contribution in [3.63, 3.8) is 0 Å². The molecule has 0 saturated heterocycles. The van der Waals surface area contributed by atoms with Gasteiger partial charge < -0.3 is 16.9 Å². The van der Waals surface area contributed by atoms with Gasteiger partial charge in [-0.1, -0.05) is 84.5 Å². The molecule has 1 nitrogen and oxygen atoms in total. The van der Waals surface area contributed by atoms with E-state index in [1.165, 1.54) is 107 Å². The highest BCUT2D eigenvalue weighted by atomic mass is 35.5. The Morgan fingerprint density at radius 2 is 0.875 bits per heavy atom. The molecule has 0 heterocycles. The average molecular weight is 362 g/mol. The molecule has 0 aromatic rings. The summed E-state index contributed by atoms with van der Waals surface area (Å²) in [6.45, 7) is 8.24. The van der Waals surface area contributed by atoms with Crippen molar-refractivity contribution < 1.29 is 16.9 Å². The number of hydrogen-bond acceptors (Lipinski definition) is 0. The van der Waals surface area contributed by atoms with Gasteiger partial charge in [0.15, 0.2) is 0 Å². The monoisotopic (exact) mass is 361 g/mol. The quantitative estimate of drug-likeness (QED) is 0.267. The fourth-order valence-corrected chi connectivity index (χ4v) is 3.60. The third-order valence-electron chi connectivity index (χ3n) is 5.84. The van der Waals surface area contributed by atoms with Crippen LogP contribution in [-0.2, 0) is 0 Å². The van der Waals surface area contributed by atoms with Crippen molar-refractivity contribution in [2.45, 2.75) is 123 Å². The van der Waals surface area contributed by atoms with Crippen molar-refractivity contribution in [2.24, 2.45) is 0 Å². The Hall–Kier alpha value is 0.250. The fraction of sp³-hybridized carbons (Fsp3) is 1.00. The zero-order chi connectivity index (χ0) is 17.4. The SMILES string of the molecule is CCCCCCCCCC(CCCCCCCC)[N+](C)(C)CC.[Cl-]. The summed E-state index contributed by atoms with van der Waals surface area (Å²) < 4.78 is 1.23.